The van der Waals surface area contributed by atoms with Crippen molar-refractivity contribution in [2.75, 3.05) is 0 Å². The van der Waals surface area contributed by atoms with Crippen LogP contribution in [0.3, 0.4) is 0 Å². The number of aromatic nitrogens is 1. The molecule has 5 heteroatoms. The van der Waals surface area contributed by atoms with Crippen molar-refractivity contribution in [3.8, 4) is 0 Å². The molecule has 0 saturated heterocycles. The lowest BCUT2D eigenvalue weighted by atomic mass is 10.2. The third-order valence-electron chi connectivity index (χ3n) is 1.31. The van der Waals surface area contributed by atoms with E-state index in [0.29, 0.717) is 0 Å². The lowest BCUT2D eigenvalue weighted by Crippen LogP contribution is -1.92. The van der Waals surface area contributed by atoms with Crippen LogP contribution in [0.1, 0.15) is 17.7 Å². The molecular weight excluding hydrogens is 235 g/mol. The summed E-state index contributed by atoms with van der Waals surface area (Å²) in [4.78, 5) is 3.49. The Hall–Kier alpha value is -0.580. The average molecular weight is 240 g/mol. The van der Waals surface area contributed by atoms with E-state index in [-0.39, 0.29) is 15.7 Å². The Morgan fingerprint density at radius 3 is 2.58 bits per heavy atom. The summed E-state index contributed by atoms with van der Waals surface area (Å²) >= 11 is 2.90. The van der Waals surface area contributed by atoms with Crippen LogP contribution in [-0.2, 0) is 6.67 Å². The Morgan fingerprint density at radius 2 is 2.17 bits per heavy atom. The molecule has 0 saturated carbocycles. The van der Waals surface area contributed by atoms with Gasteiger partial charge in [-0.15, -0.1) is 0 Å². The highest BCUT2D eigenvalue weighted by Gasteiger charge is 2.12. The molecule has 12 heavy (non-hydrogen) atoms. The number of hydrogen-bond acceptors (Lipinski definition) is 1. The van der Waals surface area contributed by atoms with E-state index in [2.05, 4.69) is 20.9 Å². The zero-order valence-electron chi connectivity index (χ0n) is 5.90. The van der Waals surface area contributed by atoms with Crippen molar-refractivity contribution < 1.29 is 13.2 Å². The van der Waals surface area contributed by atoms with Gasteiger partial charge >= 0.3 is 0 Å². The molecule has 0 bridgehead atoms. The van der Waals surface area contributed by atoms with Crippen LogP contribution in [-0.4, -0.2) is 4.98 Å². The van der Waals surface area contributed by atoms with E-state index in [1.54, 1.807) is 0 Å². The van der Waals surface area contributed by atoms with Gasteiger partial charge in [-0.2, -0.15) is 0 Å². The summed E-state index contributed by atoms with van der Waals surface area (Å²) in [6.07, 6.45) is -1.61. The summed E-state index contributed by atoms with van der Waals surface area (Å²) in [6, 6.07) is 1.25. The number of halogens is 4. The van der Waals surface area contributed by atoms with E-state index in [4.69, 9.17) is 0 Å². The van der Waals surface area contributed by atoms with Gasteiger partial charge in [0, 0.05) is 10.7 Å². The summed E-state index contributed by atoms with van der Waals surface area (Å²) in [5, 5.41) is 0. The van der Waals surface area contributed by atoms with Gasteiger partial charge in [0.25, 0.3) is 6.43 Å². The normalized spacial score (nSPS) is 10.8. The molecule has 0 radical (unpaired) electrons. The Labute approximate surface area is 75.7 Å². The lowest BCUT2D eigenvalue weighted by Gasteiger charge is -2.02. The number of rotatable bonds is 2. The van der Waals surface area contributed by atoms with Crippen LogP contribution >= 0.6 is 15.9 Å². The fraction of sp³-hybridized carbons (Fsp3) is 0.286. The molecule has 0 aliphatic rings. The van der Waals surface area contributed by atoms with Crippen molar-refractivity contribution >= 4 is 15.9 Å². The monoisotopic (exact) mass is 239 g/mol. The molecule has 0 fully saturated rings. The number of alkyl halides is 3. The van der Waals surface area contributed by atoms with Crippen LogP contribution in [0.5, 0.6) is 0 Å². The van der Waals surface area contributed by atoms with Crippen molar-refractivity contribution in [1.29, 1.82) is 0 Å². The van der Waals surface area contributed by atoms with Crippen molar-refractivity contribution in [3.63, 3.8) is 0 Å². The SMILES string of the molecule is FCc1cc(Br)c(C(F)F)cn1. The predicted octanol–water partition coefficient (Wildman–Crippen LogP) is 3.25. The fourth-order valence-electron chi connectivity index (χ4n) is 0.715. The Kier molecular flexibility index (Phi) is 3.08. The molecule has 0 aliphatic heterocycles. The number of nitrogens with zero attached hydrogens (tertiary/aromatic N) is 1. The number of hydrogen-bond donors (Lipinski definition) is 0. The molecule has 66 valence electrons. The van der Waals surface area contributed by atoms with Gasteiger partial charge in [0.15, 0.2) is 0 Å². The summed E-state index contributed by atoms with van der Waals surface area (Å²) in [6.45, 7) is -0.748. The summed E-state index contributed by atoms with van der Waals surface area (Å²) in [5.74, 6) is 0. The summed E-state index contributed by atoms with van der Waals surface area (Å²) < 4.78 is 36.4. The van der Waals surface area contributed by atoms with Crippen LogP contribution in [0.25, 0.3) is 0 Å². The highest BCUT2D eigenvalue weighted by Crippen LogP contribution is 2.26. The maximum Gasteiger partial charge on any atom is 0.266 e. The molecule has 0 aliphatic carbocycles. The number of pyridine rings is 1. The zero-order valence-corrected chi connectivity index (χ0v) is 7.48. The van der Waals surface area contributed by atoms with Crippen LogP contribution in [0.15, 0.2) is 16.7 Å². The smallest absolute Gasteiger partial charge is 0.258 e. The van der Waals surface area contributed by atoms with E-state index in [0.717, 1.165) is 6.20 Å². The van der Waals surface area contributed by atoms with Gasteiger partial charge in [-0.1, -0.05) is 15.9 Å². The lowest BCUT2D eigenvalue weighted by molar-refractivity contribution is 0.150. The average Bonchev–Trinajstić information content (AvgIpc) is 2.03. The minimum Gasteiger partial charge on any atom is -0.258 e. The highest BCUT2D eigenvalue weighted by atomic mass is 79.9. The van der Waals surface area contributed by atoms with Gasteiger partial charge in [0.1, 0.15) is 6.67 Å². The van der Waals surface area contributed by atoms with Crippen molar-refractivity contribution in [2.24, 2.45) is 0 Å². The van der Waals surface area contributed by atoms with Gasteiger partial charge in [-0.25, -0.2) is 13.2 Å². The molecule has 1 aromatic rings. The Morgan fingerprint density at radius 1 is 1.50 bits per heavy atom. The highest BCUT2D eigenvalue weighted by molar-refractivity contribution is 9.10. The predicted molar refractivity (Wildman–Crippen MR) is 41.7 cm³/mol. The largest absolute Gasteiger partial charge is 0.266 e. The molecular formula is C7H5BrF3N. The molecule has 0 spiro atoms. The maximum atomic E-state index is 12.1. The Balaban J connectivity index is 3.03. The summed E-state index contributed by atoms with van der Waals surface area (Å²) in [5.41, 5.74) is -0.0709. The molecule has 0 N–H and O–H groups in total. The molecule has 0 aromatic carbocycles. The zero-order chi connectivity index (χ0) is 9.14. The quantitative estimate of drug-likeness (QED) is 0.773. The second-order valence-corrected chi connectivity index (χ2v) is 2.99. The standard InChI is InChI=1S/C7H5BrF3N/c8-6-1-4(2-9)12-3-5(6)7(10)11/h1,3,7H,2H2. The van der Waals surface area contributed by atoms with Gasteiger partial charge in [-0.05, 0) is 6.07 Å². The van der Waals surface area contributed by atoms with Gasteiger partial charge in [0.05, 0.1) is 11.3 Å². The van der Waals surface area contributed by atoms with Crippen LogP contribution < -0.4 is 0 Å². The molecule has 1 aromatic heterocycles. The van der Waals surface area contributed by atoms with E-state index >= 15 is 0 Å². The first-order chi connectivity index (χ1) is 5.65. The molecule has 1 rings (SSSR count). The second kappa shape index (κ2) is 3.89. The molecule has 1 heterocycles. The van der Waals surface area contributed by atoms with Gasteiger partial charge < -0.3 is 0 Å². The fourth-order valence-corrected chi connectivity index (χ4v) is 1.25. The molecule has 0 unspecified atom stereocenters. The minimum absolute atomic E-state index is 0.145. The van der Waals surface area contributed by atoms with Gasteiger partial charge in [0.2, 0.25) is 0 Å². The van der Waals surface area contributed by atoms with E-state index in [1.807, 2.05) is 0 Å². The first kappa shape index (κ1) is 9.51. The third-order valence-corrected chi connectivity index (χ3v) is 2.00. The van der Waals surface area contributed by atoms with Crippen molar-refractivity contribution in [2.45, 2.75) is 13.1 Å². The van der Waals surface area contributed by atoms with E-state index in [1.165, 1.54) is 6.07 Å². The van der Waals surface area contributed by atoms with Crippen molar-refractivity contribution in [1.82, 2.24) is 4.98 Å². The van der Waals surface area contributed by atoms with E-state index in [9.17, 15) is 13.2 Å². The third kappa shape index (κ3) is 1.97. The molecule has 1 nitrogen and oxygen atoms in total. The van der Waals surface area contributed by atoms with Crippen LogP contribution in [0.2, 0.25) is 0 Å². The van der Waals surface area contributed by atoms with E-state index < -0.39 is 13.1 Å². The Bertz CT molecular complexity index is 277. The molecule has 0 atom stereocenters. The van der Waals surface area contributed by atoms with Crippen LogP contribution in [0.4, 0.5) is 13.2 Å². The maximum absolute atomic E-state index is 12.1. The van der Waals surface area contributed by atoms with Gasteiger partial charge in [-0.3, -0.25) is 4.98 Å². The van der Waals surface area contributed by atoms with Crippen LogP contribution in [0, 0.1) is 0 Å². The second-order valence-electron chi connectivity index (χ2n) is 2.13. The van der Waals surface area contributed by atoms with Crippen molar-refractivity contribution in [3.05, 3.63) is 28.0 Å². The first-order valence-electron chi connectivity index (χ1n) is 3.13. The topological polar surface area (TPSA) is 12.9 Å². The molecule has 0 amide bonds. The minimum atomic E-state index is -2.58. The summed E-state index contributed by atoms with van der Waals surface area (Å²) in [7, 11) is 0. The first-order valence-corrected chi connectivity index (χ1v) is 3.93.